The number of nitrogens with two attached hydrogens (primary N) is 1. The van der Waals surface area contributed by atoms with E-state index in [0.717, 1.165) is 5.56 Å². The van der Waals surface area contributed by atoms with Crippen molar-refractivity contribution in [2.45, 2.75) is 6.42 Å². The fourth-order valence-electron chi connectivity index (χ4n) is 0.891. The van der Waals surface area contributed by atoms with E-state index in [1.165, 1.54) is 12.1 Å². The van der Waals surface area contributed by atoms with Gasteiger partial charge in [0.15, 0.2) is 11.5 Å². The Morgan fingerprint density at radius 2 is 1.83 bits per heavy atom. The Hall–Kier alpha value is -0.701. The molecule has 0 saturated carbocycles. The van der Waals surface area contributed by atoms with Gasteiger partial charge in [-0.15, -0.1) is 0 Å². The maximum Gasteiger partial charge on any atom is 0.157 e. The molecule has 0 unspecified atom stereocenters. The predicted octanol–water partition coefficient (Wildman–Crippen LogP) is 0.596. The molecule has 3 nitrogen and oxygen atoms in total. The van der Waals surface area contributed by atoms with Crippen molar-refractivity contribution in [3.05, 3.63) is 23.8 Å². The van der Waals surface area contributed by atoms with Crippen molar-refractivity contribution in [2.24, 2.45) is 5.73 Å². The predicted molar refractivity (Wildman–Crippen MR) is 42.5 cm³/mol. The van der Waals surface area contributed by atoms with Crippen LogP contribution in [0.3, 0.4) is 0 Å². The van der Waals surface area contributed by atoms with Gasteiger partial charge >= 0.3 is 0 Å². The van der Waals surface area contributed by atoms with E-state index in [2.05, 4.69) is 0 Å². The summed E-state index contributed by atoms with van der Waals surface area (Å²) in [6.45, 7) is 0.546. The topological polar surface area (TPSA) is 66.5 Å². The number of hydrogen-bond donors (Lipinski definition) is 3. The molecule has 1 rings (SSSR count). The molecule has 0 aliphatic heterocycles. The van der Waals surface area contributed by atoms with Crippen LogP contribution in [0.25, 0.3) is 0 Å². The van der Waals surface area contributed by atoms with Crippen LogP contribution in [0.1, 0.15) is 5.56 Å². The van der Waals surface area contributed by atoms with Crippen LogP contribution in [0, 0.1) is 0 Å². The van der Waals surface area contributed by atoms with Crippen LogP contribution in [0.15, 0.2) is 18.2 Å². The number of phenolic OH excluding ortho intramolecular Hbond substituents is 2. The van der Waals surface area contributed by atoms with Gasteiger partial charge in [0, 0.05) is 17.1 Å². The summed E-state index contributed by atoms with van der Waals surface area (Å²) in [5, 5.41) is 18.0. The largest absolute Gasteiger partial charge is 0.504 e. The molecule has 0 saturated heterocycles. The Balaban J connectivity index is 0.00000121. The molecule has 0 bridgehead atoms. The van der Waals surface area contributed by atoms with Crippen LogP contribution in [0.4, 0.5) is 0 Å². The standard InChI is InChI=1S/C8H11NO2.Mn/c9-4-3-6-1-2-7(10)8(11)5-6;/h1-2,5,10-11H,3-4,9H2;. The summed E-state index contributed by atoms with van der Waals surface area (Å²) >= 11 is 0. The van der Waals surface area contributed by atoms with Crippen LogP contribution in [-0.4, -0.2) is 16.8 Å². The van der Waals surface area contributed by atoms with Gasteiger partial charge < -0.3 is 15.9 Å². The first-order chi connectivity index (χ1) is 5.24. The number of phenols is 2. The van der Waals surface area contributed by atoms with E-state index in [-0.39, 0.29) is 28.6 Å². The Morgan fingerprint density at radius 3 is 2.33 bits per heavy atom. The average Bonchev–Trinajstić information content (AvgIpc) is 1.98. The first kappa shape index (κ1) is 11.3. The van der Waals surface area contributed by atoms with E-state index in [1.54, 1.807) is 6.07 Å². The van der Waals surface area contributed by atoms with Gasteiger partial charge in [-0.1, -0.05) is 6.07 Å². The van der Waals surface area contributed by atoms with Gasteiger partial charge in [0.05, 0.1) is 0 Å². The summed E-state index contributed by atoms with van der Waals surface area (Å²) in [6.07, 6.45) is 0.716. The third kappa shape index (κ3) is 2.74. The fraction of sp³-hybridized carbons (Fsp3) is 0.250. The van der Waals surface area contributed by atoms with Crippen molar-refractivity contribution in [2.75, 3.05) is 6.54 Å². The Bertz CT molecular complexity index is 253. The molecule has 1 aromatic carbocycles. The van der Waals surface area contributed by atoms with Gasteiger partial charge in [-0.3, -0.25) is 0 Å². The minimum atomic E-state index is -0.0919. The van der Waals surface area contributed by atoms with Crippen LogP contribution >= 0.6 is 0 Å². The van der Waals surface area contributed by atoms with Gasteiger partial charge in [0.2, 0.25) is 0 Å². The second-order valence-electron chi connectivity index (χ2n) is 2.36. The Morgan fingerprint density at radius 1 is 1.17 bits per heavy atom. The van der Waals surface area contributed by atoms with Crippen molar-refractivity contribution in [3.63, 3.8) is 0 Å². The number of rotatable bonds is 2. The molecular weight excluding hydrogens is 197 g/mol. The molecule has 1 aromatic rings. The zero-order valence-electron chi connectivity index (χ0n) is 6.50. The van der Waals surface area contributed by atoms with Gasteiger partial charge in [0.25, 0.3) is 0 Å². The Labute approximate surface area is 81.7 Å². The summed E-state index contributed by atoms with van der Waals surface area (Å²) in [5.41, 5.74) is 6.24. The second kappa shape index (κ2) is 5.04. The zero-order chi connectivity index (χ0) is 8.27. The SMILES string of the molecule is NCCc1ccc(O)c(O)c1.[Mn]. The quantitative estimate of drug-likeness (QED) is 0.492. The maximum absolute atomic E-state index is 9.04. The molecular formula is C8H11MnNO2. The summed E-state index contributed by atoms with van der Waals surface area (Å²) < 4.78 is 0. The van der Waals surface area contributed by atoms with Gasteiger partial charge in [0.1, 0.15) is 0 Å². The summed E-state index contributed by atoms with van der Waals surface area (Å²) in [4.78, 5) is 0. The smallest absolute Gasteiger partial charge is 0.157 e. The van der Waals surface area contributed by atoms with Gasteiger partial charge in [-0.25, -0.2) is 0 Å². The molecule has 4 N–H and O–H groups in total. The minimum absolute atomic E-state index is 0. The van der Waals surface area contributed by atoms with E-state index in [9.17, 15) is 0 Å². The molecule has 4 heteroatoms. The fourth-order valence-corrected chi connectivity index (χ4v) is 0.891. The molecule has 0 spiro atoms. The number of hydrogen-bond acceptors (Lipinski definition) is 3. The van der Waals surface area contributed by atoms with Crippen molar-refractivity contribution >= 4 is 0 Å². The molecule has 67 valence electrons. The van der Waals surface area contributed by atoms with Crippen molar-refractivity contribution < 1.29 is 27.3 Å². The molecule has 0 atom stereocenters. The molecule has 0 aliphatic carbocycles. The van der Waals surface area contributed by atoms with Gasteiger partial charge in [-0.2, -0.15) is 0 Å². The second-order valence-corrected chi connectivity index (χ2v) is 2.36. The zero-order valence-corrected chi connectivity index (χ0v) is 7.68. The molecule has 0 fully saturated rings. The van der Waals surface area contributed by atoms with E-state index < -0.39 is 0 Å². The summed E-state index contributed by atoms with van der Waals surface area (Å²) in [6, 6.07) is 4.71. The number of aromatic hydroxyl groups is 2. The first-order valence-corrected chi connectivity index (χ1v) is 3.45. The maximum atomic E-state index is 9.04. The van der Waals surface area contributed by atoms with Crippen LogP contribution < -0.4 is 5.73 Å². The van der Waals surface area contributed by atoms with Gasteiger partial charge in [-0.05, 0) is 30.7 Å². The van der Waals surface area contributed by atoms with Crippen molar-refractivity contribution in [3.8, 4) is 11.5 Å². The van der Waals surface area contributed by atoms with Crippen molar-refractivity contribution in [1.29, 1.82) is 0 Å². The summed E-state index contributed by atoms with van der Waals surface area (Å²) in [5.74, 6) is -0.179. The van der Waals surface area contributed by atoms with E-state index in [4.69, 9.17) is 15.9 Å². The molecule has 1 radical (unpaired) electrons. The minimum Gasteiger partial charge on any atom is -0.504 e. The third-order valence-electron chi connectivity index (χ3n) is 1.47. The van der Waals surface area contributed by atoms with Crippen LogP contribution in [0.5, 0.6) is 11.5 Å². The molecule has 0 amide bonds. The molecule has 0 aromatic heterocycles. The van der Waals surface area contributed by atoms with Crippen LogP contribution in [-0.2, 0) is 23.5 Å². The van der Waals surface area contributed by atoms with E-state index in [1.807, 2.05) is 0 Å². The first-order valence-electron chi connectivity index (χ1n) is 3.45. The number of benzene rings is 1. The average molecular weight is 208 g/mol. The monoisotopic (exact) mass is 208 g/mol. The normalized spacial score (nSPS) is 9.08. The van der Waals surface area contributed by atoms with Crippen molar-refractivity contribution in [1.82, 2.24) is 0 Å². The van der Waals surface area contributed by atoms with E-state index in [0.29, 0.717) is 13.0 Å². The molecule has 0 aliphatic rings. The third-order valence-corrected chi connectivity index (χ3v) is 1.47. The van der Waals surface area contributed by atoms with E-state index >= 15 is 0 Å². The summed E-state index contributed by atoms with van der Waals surface area (Å²) in [7, 11) is 0. The Kier molecular flexibility index (Phi) is 4.74. The van der Waals surface area contributed by atoms with Crippen LogP contribution in [0.2, 0.25) is 0 Å². The molecule has 0 heterocycles. The molecule has 12 heavy (non-hydrogen) atoms.